The zero-order valence-electron chi connectivity index (χ0n) is 14.4. The minimum Gasteiger partial charge on any atom is -0.314 e. The number of rotatable bonds is 5. The second-order valence-electron chi connectivity index (χ2n) is 6.30. The van der Waals surface area contributed by atoms with Crippen LogP contribution in [0, 0.1) is 0 Å². The molecule has 1 amide bonds. The summed E-state index contributed by atoms with van der Waals surface area (Å²) in [6.45, 7) is 6.98. The van der Waals surface area contributed by atoms with Gasteiger partial charge in [0.1, 0.15) is 0 Å². The van der Waals surface area contributed by atoms with E-state index in [-0.39, 0.29) is 11.9 Å². The van der Waals surface area contributed by atoms with Crippen molar-refractivity contribution in [2.24, 2.45) is 0 Å². The molecule has 1 unspecified atom stereocenters. The van der Waals surface area contributed by atoms with E-state index in [1.54, 1.807) is 4.90 Å². The van der Waals surface area contributed by atoms with Crippen LogP contribution in [-0.2, 0) is 11.3 Å². The summed E-state index contributed by atoms with van der Waals surface area (Å²) < 4.78 is 0. The largest absolute Gasteiger partial charge is 0.314 e. The summed E-state index contributed by atoms with van der Waals surface area (Å²) in [4.78, 5) is 20.7. The highest BCUT2D eigenvalue weighted by molar-refractivity contribution is 7.09. The topological polar surface area (TPSA) is 26.8 Å². The molecule has 1 aliphatic rings. The van der Waals surface area contributed by atoms with E-state index in [1.165, 1.54) is 4.88 Å². The Morgan fingerprint density at radius 3 is 2.46 bits per heavy atom. The van der Waals surface area contributed by atoms with Gasteiger partial charge in [0.25, 0.3) is 0 Å². The Hall–Kier alpha value is -1.69. The molecule has 4 nitrogen and oxygen atoms in total. The number of amides is 1. The van der Waals surface area contributed by atoms with Crippen LogP contribution < -0.4 is 4.90 Å². The van der Waals surface area contributed by atoms with Gasteiger partial charge in [0, 0.05) is 50.3 Å². The van der Waals surface area contributed by atoms with E-state index < -0.39 is 0 Å². The zero-order valence-corrected chi connectivity index (χ0v) is 15.2. The standard InChI is InChI=1S/C19H25N3OS/c1-16(19(23)20(2)17-7-4-3-5-8-17)22-12-10-21(11-13-22)15-18-9-6-14-24-18/h3-9,14,16H,10-13,15H2,1-2H3. The Bertz CT molecular complexity index is 636. The van der Waals surface area contributed by atoms with Crippen LogP contribution in [0.15, 0.2) is 47.8 Å². The highest BCUT2D eigenvalue weighted by atomic mass is 32.1. The lowest BCUT2D eigenvalue weighted by Crippen LogP contribution is -2.53. The summed E-state index contributed by atoms with van der Waals surface area (Å²) in [6.07, 6.45) is 0. The fourth-order valence-electron chi connectivity index (χ4n) is 3.15. The minimum atomic E-state index is -0.0842. The number of anilines is 1. The first kappa shape index (κ1) is 17.1. The molecule has 1 atom stereocenters. The van der Waals surface area contributed by atoms with Gasteiger partial charge in [-0.25, -0.2) is 0 Å². The number of carbonyl (C=O) groups is 1. The van der Waals surface area contributed by atoms with Crippen molar-refractivity contribution in [1.82, 2.24) is 9.80 Å². The fraction of sp³-hybridized carbons (Fsp3) is 0.421. The molecule has 0 spiro atoms. The molecule has 24 heavy (non-hydrogen) atoms. The Morgan fingerprint density at radius 2 is 1.83 bits per heavy atom. The highest BCUT2D eigenvalue weighted by Gasteiger charge is 2.27. The molecule has 128 valence electrons. The fourth-order valence-corrected chi connectivity index (χ4v) is 3.89. The maximum atomic E-state index is 12.8. The summed E-state index contributed by atoms with van der Waals surface area (Å²) in [7, 11) is 1.86. The normalized spacial score (nSPS) is 17.6. The molecule has 1 aliphatic heterocycles. The monoisotopic (exact) mass is 343 g/mol. The molecule has 2 heterocycles. The van der Waals surface area contributed by atoms with E-state index in [1.807, 2.05) is 55.6 Å². The van der Waals surface area contributed by atoms with E-state index in [4.69, 9.17) is 0 Å². The Balaban J connectivity index is 1.53. The van der Waals surface area contributed by atoms with Crippen molar-refractivity contribution in [3.8, 4) is 0 Å². The van der Waals surface area contributed by atoms with Gasteiger partial charge >= 0.3 is 0 Å². The van der Waals surface area contributed by atoms with Gasteiger partial charge in [-0.3, -0.25) is 14.6 Å². The van der Waals surface area contributed by atoms with Crippen molar-refractivity contribution < 1.29 is 4.79 Å². The van der Waals surface area contributed by atoms with Crippen LogP contribution in [-0.4, -0.2) is 55.0 Å². The molecular weight excluding hydrogens is 318 g/mol. The number of hydrogen-bond acceptors (Lipinski definition) is 4. The molecular formula is C19H25N3OS. The molecule has 1 saturated heterocycles. The molecule has 2 aromatic rings. The average Bonchev–Trinajstić information content (AvgIpc) is 3.14. The quantitative estimate of drug-likeness (QED) is 0.835. The van der Waals surface area contributed by atoms with Gasteiger partial charge in [-0.1, -0.05) is 24.3 Å². The van der Waals surface area contributed by atoms with Crippen LogP contribution in [0.1, 0.15) is 11.8 Å². The average molecular weight is 343 g/mol. The predicted octanol–water partition coefficient (Wildman–Crippen LogP) is 2.92. The third-order valence-corrected chi connectivity index (χ3v) is 5.61. The van der Waals surface area contributed by atoms with Crippen LogP contribution in [0.5, 0.6) is 0 Å². The van der Waals surface area contributed by atoms with Crippen molar-refractivity contribution in [2.45, 2.75) is 19.5 Å². The first-order valence-corrected chi connectivity index (χ1v) is 9.34. The number of nitrogens with zero attached hydrogens (tertiary/aromatic N) is 3. The lowest BCUT2D eigenvalue weighted by Gasteiger charge is -2.38. The molecule has 0 N–H and O–H groups in total. The van der Waals surface area contributed by atoms with Crippen LogP contribution in [0.3, 0.4) is 0 Å². The smallest absolute Gasteiger partial charge is 0.243 e. The number of benzene rings is 1. The van der Waals surface area contributed by atoms with Crippen LogP contribution >= 0.6 is 11.3 Å². The molecule has 5 heteroatoms. The molecule has 1 fully saturated rings. The van der Waals surface area contributed by atoms with E-state index in [2.05, 4.69) is 27.3 Å². The summed E-state index contributed by atoms with van der Waals surface area (Å²) in [6, 6.07) is 14.1. The van der Waals surface area contributed by atoms with Crippen molar-refractivity contribution in [1.29, 1.82) is 0 Å². The van der Waals surface area contributed by atoms with Crippen molar-refractivity contribution in [3.05, 3.63) is 52.7 Å². The Labute approximate surface area is 148 Å². The lowest BCUT2D eigenvalue weighted by atomic mass is 10.2. The molecule has 0 radical (unpaired) electrons. The molecule has 0 bridgehead atoms. The maximum Gasteiger partial charge on any atom is 0.243 e. The van der Waals surface area contributed by atoms with E-state index >= 15 is 0 Å². The molecule has 0 saturated carbocycles. The summed E-state index contributed by atoms with van der Waals surface area (Å²) in [5.74, 6) is 0.160. The first-order valence-electron chi connectivity index (χ1n) is 8.46. The minimum absolute atomic E-state index is 0.0842. The molecule has 3 rings (SSSR count). The van der Waals surface area contributed by atoms with Crippen molar-refractivity contribution >= 4 is 22.9 Å². The van der Waals surface area contributed by atoms with Crippen LogP contribution in [0.2, 0.25) is 0 Å². The van der Waals surface area contributed by atoms with E-state index in [0.717, 1.165) is 38.4 Å². The summed E-state index contributed by atoms with van der Waals surface area (Å²) >= 11 is 1.81. The van der Waals surface area contributed by atoms with E-state index in [9.17, 15) is 4.79 Å². The third-order valence-electron chi connectivity index (χ3n) is 4.75. The van der Waals surface area contributed by atoms with Gasteiger partial charge < -0.3 is 4.90 Å². The van der Waals surface area contributed by atoms with Gasteiger partial charge in [-0.05, 0) is 30.5 Å². The Kier molecular flexibility index (Phi) is 5.66. The maximum absolute atomic E-state index is 12.8. The lowest BCUT2D eigenvalue weighted by molar-refractivity contribution is -0.123. The highest BCUT2D eigenvalue weighted by Crippen LogP contribution is 2.17. The molecule has 1 aromatic heterocycles. The van der Waals surface area contributed by atoms with Crippen LogP contribution in [0.25, 0.3) is 0 Å². The van der Waals surface area contributed by atoms with E-state index in [0.29, 0.717) is 0 Å². The summed E-state index contributed by atoms with van der Waals surface area (Å²) in [5.41, 5.74) is 0.950. The SMILES string of the molecule is CC(C(=O)N(C)c1ccccc1)N1CCN(Cc2cccs2)CC1. The third kappa shape index (κ3) is 4.04. The number of hydrogen-bond donors (Lipinski definition) is 0. The number of thiophene rings is 1. The molecule has 0 aliphatic carbocycles. The second kappa shape index (κ2) is 7.92. The zero-order chi connectivity index (χ0) is 16.9. The van der Waals surface area contributed by atoms with Crippen LogP contribution in [0.4, 0.5) is 5.69 Å². The van der Waals surface area contributed by atoms with Gasteiger partial charge in [0.05, 0.1) is 6.04 Å². The van der Waals surface area contributed by atoms with Crippen molar-refractivity contribution in [3.63, 3.8) is 0 Å². The van der Waals surface area contributed by atoms with Gasteiger partial charge in [-0.2, -0.15) is 0 Å². The van der Waals surface area contributed by atoms with Gasteiger partial charge in [0.15, 0.2) is 0 Å². The predicted molar refractivity (Wildman–Crippen MR) is 100 cm³/mol. The van der Waals surface area contributed by atoms with Crippen molar-refractivity contribution in [2.75, 3.05) is 38.1 Å². The first-order chi connectivity index (χ1) is 11.6. The Morgan fingerprint density at radius 1 is 1.12 bits per heavy atom. The van der Waals surface area contributed by atoms with Gasteiger partial charge in [-0.15, -0.1) is 11.3 Å². The number of likely N-dealkylation sites (N-methyl/N-ethyl adjacent to an activating group) is 1. The number of para-hydroxylation sites is 1. The summed E-state index contributed by atoms with van der Waals surface area (Å²) in [5, 5.41) is 2.13. The molecule has 1 aromatic carbocycles. The number of piperazine rings is 1. The van der Waals surface area contributed by atoms with Gasteiger partial charge in [0.2, 0.25) is 5.91 Å². The second-order valence-corrected chi connectivity index (χ2v) is 7.33. The number of carbonyl (C=O) groups excluding carboxylic acids is 1.